The second kappa shape index (κ2) is 9.96. The van der Waals surface area contributed by atoms with Gasteiger partial charge in [0.2, 0.25) is 5.78 Å². The number of halogens is 1. The van der Waals surface area contributed by atoms with Crippen LogP contribution in [0.2, 0.25) is 5.02 Å². The molecule has 0 radical (unpaired) electrons. The van der Waals surface area contributed by atoms with Crippen molar-refractivity contribution >= 4 is 50.7 Å². The molecule has 0 amide bonds. The largest absolute Gasteiger partial charge is 0.352 e. The first-order valence-electron chi connectivity index (χ1n) is 11.4. The molecule has 5 rings (SSSR count). The number of thioether (sulfide) groups is 1. The molecular weight excluding hydrogens is 494 g/mol. The number of nitrogens with one attached hydrogen (secondary N) is 1. The van der Waals surface area contributed by atoms with Crippen LogP contribution in [0.4, 0.5) is 0 Å². The van der Waals surface area contributed by atoms with Crippen LogP contribution in [0.25, 0.3) is 21.7 Å². The first-order chi connectivity index (χ1) is 16.5. The molecule has 180 valence electrons. The molecule has 1 aliphatic heterocycles. The number of likely N-dealkylation sites (N-methyl/N-ethyl adjacent to an activating group) is 1. The molecule has 0 saturated heterocycles. The van der Waals surface area contributed by atoms with Crippen LogP contribution < -0.4 is 10.5 Å². The molecule has 0 bridgehead atoms. The van der Waals surface area contributed by atoms with Crippen LogP contribution in [0, 0.1) is 0 Å². The number of aromatic nitrogens is 4. The second-order valence-corrected chi connectivity index (χ2v) is 10.7. The maximum atomic E-state index is 13.9. The lowest BCUT2D eigenvalue weighted by atomic mass is 10.1. The Morgan fingerprint density at radius 1 is 1.26 bits per heavy atom. The Morgan fingerprint density at radius 3 is 2.79 bits per heavy atom. The minimum atomic E-state index is -0.338. The van der Waals surface area contributed by atoms with Crippen LogP contribution in [0.15, 0.2) is 34.2 Å². The van der Waals surface area contributed by atoms with Gasteiger partial charge in [0.15, 0.2) is 11.4 Å². The number of benzene rings is 1. The van der Waals surface area contributed by atoms with E-state index in [0.717, 1.165) is 35.3 Å². The van der Waals surface area contributed by atoms with Crippen LogP contribution in [0.3, 0.4) is 0 Å². The Balaban J connectivity index is 1.72. The van der Waals surface area contributed by atoms with Gasteiger partial charge in [-0.25, -0.2) is 8.97 Å². The molecule has 4 aromatic rings. The molecule has 1 atom stereocenters. The number of hydrogen-bond acceptors (Lipinski definition) is 7. The van der Waals surface area contributed by atoms with Gasteiger partial charge in [-0.05, 0) is 37.6 Å². The second-order valence-electron chi connectivity index (χ2n) is 8.21. The van der Waals surface area contributed by atoms with Gasteiger partial charge in [0, 0.05) is 24.7 Å². The number of quaternary nitrogens is 1. The summed E-state index contributed by atoms with van der Waals surface area (Å²) >= 11 is 9.48. The van der Waals surface area contributed by atoms with Gasteiger partial charge in [-0.1, -0.05) is 29.4 Å². The number of thiophene rings is 1. The highest BCUT2D eigenvalue weighted by Gasteiger charge is 2.28. The highest BCUT2D eigenvalue weighted by atomic mass is 35.5. The molecule has 8 nitrogen and oxygen atoms in total. The highest BCUT2D eigenvalue weighted by molar-refractivity contribution is 7.99. The van der Waals surface area contributed by atoms with E-state index >= 15 is 0 Å². The molecule has 0 saturated carbocycles. The summed E-state index contributed by atoms with van der Waals surface area (Å²) in [5.41, 5.74) is 1.75. The first-order valence-corrected chi connectivity index (χ1v) is 13.6. The third-order valence-electron chi connectivity index (χ3n) is 5.89. The molecule has 1 aromatic carbocycles. The van der Waals surface area contributed by atoms with E-state index in [-0.39, 0.29) is 11.8 Å². The van der Waals surface area contributed by atoms with Gasteiger partial charge in [0.25, 0.3) is 5.56 Å². The topological polar surface area (TPSA) is 75.1 Å². The fourth-order valence-corrected chi connectivity index (χ4v) is 6.94. The molecule has 1 N–H and O–H groups in total. The normalized spacial score (nSPS) is 16.1. The van der Waals surface area contributed by atoms with E-state index < -0.39 is 0 Å². The van der Waals surface area contributed by atoms with Crippen molar-refractivity contribution in [3.8, 4) is 5.69 Å². The van der Waals surface area contributed by atoms with Crippen LogP contribution in [-0.4, -0.2) is 58.0 Å². The fraction of sp³-hybridized carbons (Fsp3) is 0.435. The first kappa shape index (κ1) is 23.8. The zero-order valence-corrected chi connectivity index (χ0v) is 21.7. The van der Waals surface area contributed by atoms with E-state index in [0.29, 0.717) is 40.6 Å². The Kier molecular flexibility index (Phi) is 6.97. The van der Waals surface area contributed by atoms with E-state index in [2.05, 4.69) is 17.2 Å². The van der Waals surface area contributed by atoms with Gasteiger partial charge >= 0.3 is 0 Å². The minimum Gasteiger partial charge on any atom is -0.352 e. The van der Waals surface area contributed by atoms with E-state index in [1.807, 2.05) is 30.4 Å². The van der Waals surface area contributed by atoms with Gasteiger partial charge in [-0.2, -0.15) is 0 Å². The molecule has 11 heteroatoms. The third-order valence-corrected chi connectivity index (χ3v) is 8.31. The van der Waals surface area contributed by atoms with Gasteiger partial charge in [-0.3, -0.25) is 4.79 Å². The smallest absolute Gasteiger partial charge is 0.268 e. The molecule has 0 aliphatic carbocycles. The van der Waals surface area contributed by atoms with Gasteiger partial charge < -0.3 is 14.4 Å². The number of fused-ring (bicyclic) bond motifs is 5. The van der Waals surface area contributed by atoms with Crippen LogP contribution >= 0.6 is 34.7 Å². The summed E-state index contributed by atoms with van der Waals surface area (Å²) in [5.74, 6) is 1.05. The summed E-state index contributed by atoms with van der Waals surface area (Å²) in [5, 5.41) is 11.0. The predicted molar refractivity (Wildman–Crippen MR) is 136 cm³/mol. The lowest BCUT2D eigenvalue weighted by Crippen LogP contribution is -3.08. The number of hydrogen-bond donors (Lipinski definition) is 1. The van der Waals surface area contributed by atoms with Gasteiger partial charge in [0.05, 0.1) is 35.3 Å². The molecular formula is C23H27ClN5O3S2+. The Morgan fingerprint density at radius 2 is 2.06 bits per heavy atom. The average molecular weight is 521 g/mol. The Labute approximate surface area is 210 Å². The molecule has 4 heterocycles. The van der Waals surface area contributed by atoms with E-state index in [1.165, 1.54) is 21.5 Å². The Hall–Kier alpha value is -1.95. The molecule has 0 fully saturated rings. The predicted octanol–water partition coefficient (Wildman–Crippen LogP) is 2.81. The molecule has 1 unspecified atom stereocenters. The maximum absolute atomic E-state index is 13.9. The van der Waals surface area contributed by atoms with Gasteiger partial charge in [0.1, 0.15) is 11.4 Å². The van der Waals surface area contributed by atoms with Crippen LogP contribution in [-0.2, 0) is 22.4 Å². The SMILES string of the molecule is CCOC(CSc1nnc2n(-c3cccc(Cl)c3)c(=O)c3c4c(sc3n12)C[NH+](C)CC4)OCC. The quantitative estimate of drug-likeness (QED) is 0.284. The molecule has 1 aliphatic rings. The van der Waals surface area contributed by atoms with E-state index in [9.17, 15) is 4.79 Å². The van der Waals surface area contributed by atoms with Crippen molar-refractivity contribution in [1.82, 2.24) is 19.2 Å². The maximum Gasteiger partial charge on any atom is 0.268 e. The zero-order chi connectivity index (χ0) is 23.8. The summed E-state index contributed by atoms with van der Waals surface area (Å²) in [4.78, 5) is 17.5. The number of rotatable bonds is 8. The Bertz CT molecular complexity index is 1390. The summed E-state index contributed by atoms with van der Waals surface area (Å²) < 4.78 is 15.1. The van der Waals surface area contributed by atoms with E-state index in [4.69, 9.17) is 21.1 Å². The van der Waals surface area contributed by atoms with Crippen molar-refractivity contribution in [2.75, 3.05) is 32.6 Å². The minimum absolute atomic E-state index is 0.0766. The zero-order valence-electron chi connectivity index (χ0n) is 19.3. The summed E-state index contributed by atoms with van der Waals surface area (Å²) in [6, 6.07) is 7.29. The van der Waals surface area contributed by atoms with Crippen LogP contribution in [0.1, 0.15) is 24.3 Å². The monoisotopic (exact) mass is 520 g/mol. The standard InChI is InChI=1S/C23H26ClN5O3S2/c1-4-31-18(32-5-2)13-33-23-26-25-22-28(15-8-6-7-14(24)11-15)20(30)19-16-9-10-27(3)12-17(16)34-21(19)29(22)23/h6-8,11,18H,4-5,9-10,12-13H2,1-3H3/p+1. The number of nitrogens with zero attached hydrogens (tertiary/aromatic N) is 4. The molecule has 34 heavy (non-hydrogen) atoms. The van der Waals surface area contributed by atoms with Gasteiger partial charge in [-0.15, -0.1) is 21.5 Å². The number of ether oxygens (including phenoxy) is 2. The summed E-state index contributed by atoms with van der Waals surface area (Å²) in [6.45, 7) is 6.95. The fourth-order valence-electron chi connectivity index (χ4n) is 4.37. The third kappa shape index (κ3) is 4.27. The summed E-state index contributed by atoms with van der Waals surface area (Å²) in [6.07, 6.45) is 0.536. The lowest BCUT2D eigenvalue weighted by Gasteiger charge is -2.19. The molecule has 3 aromatic heterocycles. The van der Waals surface area contributed by atoms with Crippen molar-refractivity contribution < 1.29 is 14.4 Å². The van der Waals surface area contributed by atoms with Crippen molar-refractivity contribution in [2.24, 2.45) is 0 Å². The van der Waals surface area contributed by atoms with E-state index in [1.54, 1.807) is 28.0 Å². The van der Waals surface area contributed by atoms with Crippen molar-refractivity contribution in [2.45, 2.75) is 38.3 Å². The van der Waals surface area contributed by atoms with Crippen LogP contribution in [0.5, 0.6) is 0 Å². The van der Waals surface area contributed by atoms with Crippen molar-refractivity contribution in [1.29, 1.82) is 0 Å². The van der Waals surface area contributed by atoms with Crippen molar-refractivity contribution in [3.05, 3.63) is 50.1 Å². The van der Waals surface area contributed by atoms with Crippen molar-refractivity contribution in [3.63, 3.8) is 0 Å². The lowest BCUT2D eigenvalue weighted by molar-refractivity contribution is -0.895. The highest BCUT2D eigenvalue weighted by Crippen LogP contribution is 2.34. The average Bonchev–Trinajstić information content (AvgIpc) is 3.39. The summed E-state index contributed by atoms with van der Waals surface area (Å²) in [7, 11) is 2.19. The molecule has 0 spiro atoms.